The average Bonchev–Trinajstić information content (AvgIpc) is 3.21. The maximum atomic E-state index is 5.96. The molecule has 0 saturated heterocycles. The summed E-state index contributed by atoms with van der Waals surface area (Å²) in [6.07, 6.45) is 11.6. The van der Waals surface area contributed by atoms with Gasteiger partial charge in [-0.3, -0.25) is 4.90 Å². The van der Waals surface area contributed by atoms with Crippen LogP contribution in [0.5, 0.6) is 0 Å². The fourth-order valence-electron chi connectivity index (χ4n) is 3.58. The van der Waals surface area contributed by atoms with Crippen molar-refractivity contribution in [1.29, 1.82) is 0 Å². The molecule has 0 heterocycles. The van der Waals surface area contributed by atoms with Gasteiger partial charge >= 0.3 is 0 Å². The zero-order valence-electron chi connectivity index (χ0n) is 11.1. The lowest BCUT2D eigenvalue weighted by molar-refractivity contribution is 0.144. The molecule has 17 heavy (non-hydrogen) atoms. The van der Waals surface area contributed by atoms with Crippen LogP contribution in [0.4, 0.5) is 0 Å². The molecular weight excluding hydrogens is 208 g/mol. The molecule has 3 aliphatic carbocycles. The van der Waals surface area contributed by atoms with Crippen LogP contribution in [-0.2, 0) is 0 Å². The fourth-order valence-corrected chi connectivity index (χ4v) is 3.58. The summed E-state index contributed by atoms with van der Waals surface area (Å²) in [5, 5.41) is 0. The summed E-state index contributed by atoms with van der Waals surface area (Å²) in [7, 11) is 0. The number of hydrogen-bond acceptors (Lipinski definition) is 2. The van der Waals surface area contributed by atoms with Gasteiger partial charge < -0.3 is 5.73 Å². The summed E-state index contributed by atoms with van der Waals surface area (Å²) in [6.45, 7) is 3.69. The van der Waals surface area contributed by atoms with Crippen molar-refractivity contribution in [3.8, 4) is 0 Å². The Morgan fingerprint density at radius 2 is 1.53 bits per heavy atom. The number of rotatable bonds is 6. The van der Waals surface area contributed by atoms with Crippen LogP contribution in [0.1, 0.15) is 51.4 Å². The van der Waals surface area contributed by atoms with Crippen molar-refractivity contribution in [3.05, 3.63) is 0 Å². The Labute approximate surface area is 106 Å². The lowest BCUT2D eigenvalue weighted by atomic mass is 9.79. The van der Waals surface area contributed by atoms with Gasteiger partial charge in [0.25, 0.3) is 0 Å². The first kappa shape index (κ1) is 12.0. The zero-order valence-corrected chi connectivity index (χ0v) is 11.1. The highest BCUT2D eigenvalue weighted by atomic mass is 15.2. The number of hydrogen-bond donors (Lipinski definition) is 1. The molecule has 3 rings (SSSR count). The summed E-state index contributed by atoms with van der Waals surface area (Å²) >= 11 is 0. The van der Waals surface area contributed by atoms with Crippen LogP contribution in [-0.4, -0.2) is 30.6 Å². The maximum Gasteiger partial charge on any atom is 0.00966 e. The molecule has 0 radical (unpaired) electrons. The van der Waals surface area contributed by atoms with E-state index in [2.05, 4.69) is 4.90 Å². The molecule has 0 spiro atoms. The standard InChI is InChI=1S/C15H28N2/c16-9-13-3-1-2-4-14(13)11-17(15-7-8-15)10-12-5-6-12/h12-15H,1-11,16H2. The van der Waals surface area contributed by atoms with Gasteiger partial charge in [-0.25, -0.2) is 0 Å². The molecule has 2 nitrogen and oxygen atoms in total. The molecule has 3 saturated carbocycles. The first-order valence-electron chi connectivity index (χ1n) is 7.81. The normalized spacial score (nSPS) is 34.2. The van der Waals surface area contributed by atoms with E-state index in [0.717, 1.165) is 30.3 Å². The molecule has 2 unspecified atom stereocenters. The summed E-state index contributed by atoms with van der Waals surface area (Å²) in [4.78, 5) is 2.83. The average molecular weight is 236 g/mol. The van der Waals surface area contributed by atoms with E-state index in [-0.39, 0.29) is 0 Å². The van der Waals surface area contributed by atoms with Crippen LogP contribution in [0.25, 0.3) is 0 Å². The van der Waals surface area contributed by atoms with Crippen LogP contribution in [0.15, 0.2) is 0 Å². The van der Waals surface area contributed by atoms with E-state index < -0.39 is 0 Å². The Morgan fingerprint density at radius 1 is 0.824 bits per heavy atom. The van der Waals surface area contributed by atoms with Crippen molar-refractivity contribution in [2.45, 2.75) is 57.4 Å². The number of nitrogens with two attached hydrogens (primary N) is 1. The second-order valence-electron chi connectivity index (χ2n) is 6.67. The van der Waals surface area contributed by atoms with E-state index >= 15 is 0 Å². The molecule has 3 fully saturated rings. The van der Waals surface area contributed by atoms with E-state index in [9.17, 15) is 0 Å². The van der Waals surface area contributed by atoms with Crippen LogP contribution in [0.3, 0.4) is 0 Å². The largest absolute Gasteiger partial charge is 0.330 e. The van der Waals surface area contributed by atoms with E-state index in [1.54, 1.807) is 0 Å². The third kappa shape index (κ3) is 3.23. The minimum Gasteiger partial charge on any atom is -0.330 e. The Hall–Kier alpha value is -0.0800. The molecule has 0 aromatic carbocycles. The molecule has 0 bridgehead atoms. The smallest absolute Gasteiger partial charge is 0.00966 e. The molecule has 98 valence electrons. The van der Waals surface area contributed by atoms with Gasteiger partial charge in [0.05, 0.1) is 0 Å². The van der Waals surface area contributed by atoms with Crippen molar-refractivity contribution in [1.82, 2.24) is 4.90 Å². The number of nitrogens with zero attached hydrogens (tertiary/aromatic N) is 1. The fraction of sp³-hybridized carbons (Fsp3) is 1.00. The summed E-state index contributed by atoms with van der Waals surface area (Å²) in [5.74, 6) is 2.79. The lowest BCUT2D eigenvalue weighted by Gasteiger charge is -2.35. The van der Waals surface area contributed by atoms with Crippen molar-refractivity contribution in [3.63, 3.8) is 0 Å². The highest BCUT2D eigenvalue weighted by molar-refractivity contribution is 4.90. The van der Waals surface area contributed by atoms with Gasteiger partial charge in [0.2, 0.25) is 0 Å². The van der Waals surface area contributed by atoms with Gasteiger partial charge in [0.15, 0.2) is 0 Å². The third-order valence-electron chi connectivity index (χ3n) is 5.09. The highest BCUT2D eigenvalue weighted by Gasteiger charge is 2.36. The maximum absolute atomic E-state index is 5.96. The molecule has 2 heteroatoms. The quantitative estimate of drug-likeness (QED) is 0.768. The summed E-state index contributed by atoms with van der Waals surface area (Å²) < 4.78 is 0. The van der Waals surface area contributed by atoms with Crippen molar-refractivity contribution in [2.75, 3.05) is 19.6 Å². The predicted molar refractivity (Wildman–Crippen MR) is 71.8 cm³/mol. The monoisotopic (exact) mass is 236 g/mol. The van der Waals surface area contributed by atoms with E-state index in [0.29, 0.717) is 0 Å². The molecule has 3 aliphatic rings. The Bertz CT molecular complexity index is 245. The van der Waals surface area contributed by atoms with E-state index in [4.69, 9.17) is 5.73 Å². The Morgan fingerprint density at radius 3 is 2.12 bits per heavy atom. The first-order chi connectivity index (χ1) is 8.36. The Balaban J connectivity index is 1.53. The minimum atomic E-state index is 0.823. The van der Waals surface area contributed by atoms with Crippen molar-refractivity contribution >= 4 is 0 Å². The van der Waals surface area contributed by atoms with Gasteiger partial charge in [0, 0.05) is 19.1 Å². The van der Waals surface area contributed by atoms with Gasteiger partial charge in [-0.1, -0.05) is 12.8 Å². The molecule has 2 N–H and O–H groups in total. The molecule has 0 amide bonds. The van der Waals surface area contributed by atoms with Crippen LogP contribution >= 0.6 is 0 Å². The minimum absolute atomic E-state index is 0.823. The third-order valence-corrected chi connectivity index (χ3v) is 5.09. The molecule has 2 atom stereocenters. The zero-order chi connectivity index (χ0) is 11.7. The first-order valence-corrected chi connectivity index (χ1v) is 7.81. The highest BCUT2D eigenvalue weighted by Crippen LogP contribution is 2.37. The molecule has 0 aliphatic heterocycles. The van der Waals surface area contributed by atoms with Crippen molar-refractivity contribution in [2.24, 2.45) is 23.5 Å². The summed E-state index contributed by atoms with van der Waals surface area (Å²) in [6, 6.07) is 0.955. The van der Waals surface area contributed by atoms with Crippen molar-refractivity contribution < 1.29 is 0 Å². The second-order valence-corrected chi connectivity index (χ2v) is 6.67. The summed E-state index contributed by atoms with van der Waals surface area (Å²) in [5.41, 5.74) is 5.96. The van der Waals surface area contributed by atoms with E-state index in [1.807, 2.05) is 0 Å². The molecule has 0 aromatic rings. The van der Waals surface area contributed by atoms with Crippen LogP contribution < -0.4 is 5.73 Å². The topological polar surface area (TPSA) is 29.3 Å². The predicted octanol–water partition coefficient (Wildman–Crippen LogP) is 2.63. The van der Waals surface area contributed by atoms with Gasteiger partial charge in [-0.15, -0.1) is 0 Å². The molecule has 0 aromatic heterocycles. The van der Waals surface area contributed by atoms with Crippen LogP contribution in [0, 0.1) is 17.8 Å². The lowest BCUT2D eigenvalue weighted by Crippen LogP contribution is -2.39. The SMILES string of the molecule is NCC1CCCCC1CN(CC1CC1)C1CC1. The second kappa shape index (κ2) is 5.27. The van der Waals surface area contributed by atoms with Crippen LogP contribution in [0.2, 0.25) is 0 Å². The Kier molecular flexibility index (Phi) is 3.72. The van der Waals surface area contributed by atoms with Gasteiger partial charge in [0.1, 0.15) is 0 Å². The van der Waals surface area contributed by atoms with Gasteiger partial charge in [-0.2, -0.15) is 0 Å². The van der Waals surface area contributed by atoms with Gasteiger partial charge in [-0.05, 0) is 62.8 Å². The van der Waals surface area contributed by atoms with E-state index in [1.165, 1.54) is 64.5 Å². The molecular formula is C15H28N2.